The highest BCUT2D eigenvalue weighted by molar-refractivity contribution is 5.83. The summed E-state index contributed by atoms with van der Waals surface area (Å²) in [5.74, 6) is 1.05. The van der Waals surface area contributed by atoms with Gasteiger partial charge in [-0.15, -0.1) is 0 Å². The molecular weight excluding hydrogens is 228 g/mol. The lowest BCUT2D eigenvalue weighted by molar-refractivity contribution is -0.130. The molecule has 104 valence electrons. The van der Waals surface area contributed by atoms with Crippen LogP contribution in [0.5, 0.6) is 0 Å². The largest absolute Gasteiger partial charge is 0.381 e. The normalized spacial score (nSPS) is 27.4. The molecule has 0 spiro atoms. The summed E-state index contributed by atoms with van der Waals surface area (Å²) in [6.45, 7) is 6.32. The first-order valence-electron chi connectivity index (χ1n) is 7.33. The van der Waals surface area contributed by atoms with Crippen molar-refractivity contribution >= 4 is 5.91 Å². The summed E-state index contributed by atoms with van der Waals surface area (Å²) in [5.41, 5.74) is -0.158. The van der Waals surface area contributed by atoms with Gasteiger partial charge in [0.05, 0.1) is 5.41 Å². The SMILES string of the molecule is CCC1(C(=O)NCCCOCC2CC2)CCNC1. The second-order valence-electron chi connectivity index (χ2n) is 5.69. The van der Waals surface area contributed by atoms with Gasteiger partial charge in [0.25, 0.3) is 0 Å². The molecule has 0 aromatic carbocycles. The van der Waals surface area contributed by atoms with Gasteiger partial charge in [0.2, 0.25) is 5.91 Å². The Labute approximate surface area is 110 Å². The minimum atomic E-state index is -0.158. The topological polar surface area (TPSA) is 50.4 Å². The maximum absolute atomic E-state index is 12.2. The molecule has 2 rings (SSSR count). The molecule has 1 aliphatic heterocycles. The van der Waals surface area contributed by atoms with E-state index < -0.39 is 0 Å². The standard InChI is InChI=1S/C14H26N2O2/c1-2-14(6-8-15-11-14)13(17)16-7-3-9-18-10-12-4-5-12/h12,15H,2-11H2,1H3,(H,16,17). The number of rotatable bonds is 8. The number of hydrogen-bond acceptors (Lipinski definition) is 3. The number of carbonyl (C=O) groups is 1. The number of ether oxygens (including phenoxy) is 1. The lowest BCUT2D eigenvalue weighted by Crippen LogP contribution is -2.42. The van der Waals surface area contributed by atoms with E-state index in [2.05, 4.69) is 17.6 Å². The van der Waals surface area contributed by atoms with E-state index >= 15 is 0 Å². The highest BCUT2D eigenvalue weighted by Gasteiger charge is 2.38. The third kappa shape index (κ3) is 3.69. The van der Waals surface area contributed by atoms with Crippen molar-refractivity contribution in [2.75, 3.05) is 32.8 Å². The number of nitrogens with one attached hydrogen (secondary N) is 2. The van der Waals surface area contributed by atoms with Crippen LogP contribution in [0, 0.1) is 11.3 Å². The molecule has 0 aromatic rings. The summed E-state index contributed by atoms with van der Waals surface area (Å²) in [7, 11) is 0. The Morgan fingerprint density at radius 1 is 1.50 bits per heavy atom. The van der Waals surface area contributed by atoms with E-state index in [1.807, 2.05) is 0 Å². The van der Waals surface area contributed by atoms with Gasteiger partial charge in [0.1, 0.15) is 0 Å². The smallest absolute Gasteiger partial charge is 0.227 e. The van der Waals surface area contributed by atoms with Crippen LogP contribution in [-0.2, 0) is 9.53 Å². The molecule has 1 saturated carbocycles. The first-order valence-corrected chi connectivity index (χ1v) is 7.33. The third-order valence-electron chi connectivity index (χ3n) is 4.20. The van der Waals surface area contributed by atoms with Crippen molar-refractivity contribution in [3.05, 3.63) is 0 Å². The quantitative estimate of drug-likeness (QED) is 0.642. The van der Waals surface area contributed by atoms with Crippen LogP contribution < -0.4 is 10.6 Å². The molecule has 0 aromatic heterocycles. The van der Waals surface area contributed by atoms with Gasteiger partial charge in [-0.2, -0.15) is 0 Å². The molecule has 1 saturated heterocycles. The Balaban J connectivity index is 1.55. The Morgan fingerprint density at radius 2 is 2.33 bits per heavy atom. The minimum Gasteiger partial charge on any atom is -0.381 e. The van der Waals surface area contributed by atoms with Gasteiger partial charge in [0, 0.05) is 26.3 Å². The fourth-order valence-corrected chi connectivity index (χ4v) is 2.50. The average Bonchev–Trinajstić information content (AvgIpc) is 3.08. The Bertz CT molecular complexity index is 271. The molecule has 0 bridgehead atoms. The number of amides is 1. The van der Waals surface area contributed by atoms with Crippen LogP contribution in [0.1, 0.15) is 39.0 Å². The van der Waals surface area contributed by atoms with Crippen LogP contribution in [0.4, 0.5) is 0 Å². The molecule has 1 heterocycles. The van der Waals surface area contributed by atoms with Gasteiger partial charge in [-0.3, -0.25) is 4.79 Å². The lowest BCUT2D eigenvalue weighted by atomic mass is 9.83. The molecule has 1 atom stereocenters. The second-order valence-corrected chi connectivity index (χ2v) is 5.69. The van der Waals surface area contributed by atoms with Gasteiger partial charge in [-0.25, -0.2) is 0 Å². The second kappa shape index (κ2) is 6.53. The van der Waals surface area contributed by atoms with Crippen molar-refractivity contribution in [2.24, 2.45) is 11.3 Å². The number of hydrogen-bond donors (Lipinski definition) is 2. The molecule has 2 N–H and O–H groups in total. The van der Waals surface area contributed by atoms with Crippen molar-refractivity contribution in [2.45, 2.75) is 39.0 Å². The maximum atomic E-state index is 12.2. The zero-order valence-electron chi connectivity index (χ0n) is 11.5. The molecular formula is C14H26N2O2. The summed E-state index contributed by atoms with van der Waals surface area (Å²) in [5, 5.41) is 6.35. The Kier molecular flexibility index (Phi) is 5.01. The molecule has 1 amide bonds. The Hall–Kier alpha value is -0.610. The summed E-state index contributed by atoms with van der Waals surface area (Å²) < 4.78 is 5.55. The van der Waals surface area contributed by atoms with E-state index in [1.165, 1.54) is 12.8 Å². The van der Waals surface area contributed by atoms with Crippen LogP contribution in [0.15, 0.2) is 0 Å². The molecule has 2 aliphatic rings. The van der Waals surface area contributed by atoms with E-state index in [1.54, 1.807) is 0 Å². The summed E-state index contributed by atoms with van der Waals surface area (Å²) in [4.78, 5) is 12.2. The Morgan fingerprint density at radius 3 is 2.94 bits per heavy atom. The van der Waals surface area contributed by atoms with Crippen molar-refractivity contribution < 1.29 is 9.53 Å². The van der Waals surface area contributed by atoms with E-state index in [9.17, 15) is 4.79 Å². The molecule has 0 radical (unpaired) electrons. The maximum Gasteiger partial charge on any atom is 0.227 e. The van der Waals surface area contributed by atoms with Gasteiger partial charge < -0.3 is 15.4 Å². The van der Waals surface area contributed by atoms with Crippen LogP contribution in [-0.4, -0.2) is 38.8 Å². The fourth-order valence-electron chi connectivity index (χ4n) is 2.50. The van der Waals surface area contributed by atoms with Gasteiger partial charge in [0.15, 0.2) is 0 Å². The van der Waals surface area contributed by atoms with Crippen LogP contribution >= 0.6 is 0 Å². The van der Waals surface area contributed by atoms with E-state index in [-0.39, 0.29) is 11.3 Å². The monoisotopic (exact) mass is 254 g/mol. The van der Waals surface area contributed by atoms with Gasteiger partial charge in [-0.05, 0) is 44.6 Å². The highest BCUT2D eigenvalue weighted by atomic mass is 16.5. The highest BCUT2D eigenvalue weighted by Crippen LogP contribution is 2.29. The number of carbonyl (C=O) groups excluding carboxylic acids is 1. The first kappa shape index (κ1) is 13.8. The van der Waals surface area contributed by atoms with Crippen LogP contribution in [0.2, 0.25) is 0 Å². The van der Waals surface area contributed by atoms with Crippen molar-refractivity contribution in [1.82, 2.24) is 10.6 Å². The molecule has 4 nitrogen and oxygen atoms in total. The van der Waals surface area contributed by atoms with Crippen molar-refractivity contribution in [1.29, 1.82) is 0 Å². The fraction of sp³-hybridized carbons (Fsp3) is 0.929. The van der Waals surface area contributed by atoms with Crippen molar-refractivity contribution in [3.63, 3.8) is 0 Å². The van der Waals surface area contributed by atoms with E-state index in [0.717, 1.165) is 58.0 Å². The molecule has 4 heteroatoms. The molecule has 2 fully saturated rings. The van der Waals surface area contributed by atoms with Gasteiger partial charge in [-0.1, -0.05) is 6.92 Å². The summed E-state index contributed by atoms with van der Waals surface area (Å²) >= 11 is 0. The van der Waals surface area contributed by atoms with Crippen LogP contribution in [0.25, 0.3) is 0 Å². The predicted molar refractivity (Wildman–Crippen MR) is 71.4 cm³/mol. The minimum absolute atomic E-state index is 0.158. The third-order valence-corrected chi connectivity index (χ3v) is 4.20. The van der Waals surface area contributed by atoms with E-state index in [0.29, 0.717) is 0 Å². The lowest BCUT2D eigenvalue weighted by Gasteiger charge is -2.25. The van der Waals surface area contributed by atoms with E-state index in [4.69, 9.17) is 4.74 Å². The summed E-state index contributed by atoms with van der Waals surface area (Å²) in [6, 6.07) is 0. The predicted octanol–water partition coefficient (Wildman–Crippen LogP) is 1.31. The molecule has 1 aliphatic carbocycles. The molecule has 1 unspecified atom stereocenters. The van der Waals surface area contributed by atoms with Crippen molar-refractivity contribution in [3.8, 4) is 0 Å². The zero-order chi connectivity index (χ0) is 12.8. The first-order chi connectivity index (χ1) is 8.77. The molecule has 18 heavy (non-hydrogen) atoms. The average molecular weight is 254 g/mol. The van der Waals surface area contributed by atoms with Crippen LogP contribution in [0.3, 0.4) is 0 Å². The zero-order valence-corrected chi connectivity index (χ0v) is 11.5. The van der Waals surface area contributed by atoms with Gasteiger partial charge >= 0.3 is 0 Å². The summed E-state index contributed by atoms with van der Waals surface area (Å²) in [6.07, 6.45) is 5.48.